The quantitative estimate of drug-likeness (QED) is 0.781. The maximum Gasteiger partial charge on any atom is 0.122 e. The van der Waals surface area contributed by atoms with Crippen molar-refractivity contribution >= 4 is 0 Å². The van der Waals surface area contributed by atoms with Gasteiger partial charge in [0.15, 0.2) is 0 Å². The lowest BCUT2D eigenvalue weighted by Gasteiger charge is -2.09. The zero-order valence-electron chi connectivity index (χ0n) is 9.93. The molecule has 0 fully saturated rings. The predicted molar refractivity (Wildman–Crippen MR) is 68.6 cm³/mol. The lowest BCUT2D eigenvalue weighted by Crippen LogP contribution is -2.02. The summed E-state index contributed by atoms with van der Waals surface area (Å²) in [6.45, 7) is 0.657. The van der Waals surface area contributed by atoms with E-state index in [1.807, 2.05) is 48.5 Å². The summed E-state index contributed by atoms with van der Waals surface area (Å²) in [5.41, 5.74) is 1.17. The van der Waals surface area contributed by atoms with Crippen LogP contribution in [0.3, 0.4) is 0 Å². The molecule has 17 heavy (non-hydrogen) atoms. The van der Waals surface area contributed by atoms with Crippen LogP contribution in [0, 0.1) is 0 Å². The molecule has 0 aliphatic heterocycles. The highest BCUT2D eigenvalue weighted by Gasteiger charge is 2.01. The zero-order chi connectivity index (χ0) is 11.9. The van der Waals surface area contributed by atoms with Crippen molar-refractivity contribution in [1.29, 1.82) is 0 Å². The highest BCUT2D eigenvalue weighted by Crippen LogP contribution is 2.18. The summed E-state index contributed by atoms with van der Waals surface area (Å²) in [5.74, 6) is 1.83. The Kier molecular flexibility index (Phi) is 4.03. The second-order valence-corrected chi connectivity index (χ2v) is 3.72. The van der Waals surface area contributed by atoms with Crippen LogP contribution in [0.2, 0.25) is 0 Å². The smallest absolute Gasteiger partial charge is 0.122 e. The van der Waals surface area contributed by atoms with Gasteiger partial charge in [0.2, 0.25) is 0 Å². The van der Waals surface area contributed by atoms with Crippen LogP contribution < -0.4 is 9.47 Å². The Labute approximate surface area is 102 Å². The van der Waals surface area contributed by atoms with Gasteiger partial charge in [-0.25, -0.2) is 0 Å². The van der Waals surface area contributed by atoms with Gasteiger partial charge in [-0.1, -0.05) is 36.4 Å². The third-order valence-corrected chi connectivity index (χ3v) is 2.58. The molecule has 0 saturated heterocycles. The van der Waals surface area contributed by atoms with E-state index in [0.29, 0.717) is 6.61 Å². The Morgan fingerprint density at radius 2 is 1.59 bits per heavy atom. The van der Waals surface area contributed by atoms with Crippen molar-refractivity contribution in [3.05, 3.63) is 60.2 Å². The van der Waals surface area contributed by atoms with Crippen molar-refractivity contribution in [2.24, 2.45) is 0 Å². The summed E-state index contributed by atoms with van der Waals surface area (Å²) in [5, 5.41) is 0. The van der Waals surface area contributed by atoms with E-state index in [2.05, 4.69) is 6.07 Å². The largest absolute Gasteiger partial charge is 0.496 e. The summed E-state index contributed by atoms with van der Waals surface area (Å²) in [6, 6.07) is 17.9. The first-order valence-corrected chi connectivity index (χ1v) is 5.70. The van der Waals surface area contributed by atoms with Gasteiger partial charge < -0.3 is 9.47 Å². The molecular weight excluding hydrogens is 212 g/mol. The average molecular weight is 228 g/mol. The summed E-state index contributed by atoms with van der Waals surface area (Å²) in [6.07, 6.45) is 0.846. The first-order valence-electron chi connectivity index (χ1n) is 5.70. The maximum atomic E-state index is 5.65. The van der Waals surface area contributed by atoms with Gasteiger partial charge in [0.1, 0.15) is 11.5 Å². The van der Waals surface area contributed by atoms with Crippen LogP contribution in [0.1, 0.15) is 5.56 Å². The van der Waals surface area contributed by atoms with Crippen molar-refractivity contribution in [1.82, 2.24) is 0 Å². The second kappa shape index (κ2) is 5.94. The van der Waals surface area contributed by atoms with Crippen LogP contribution in [0.15, 0.2) is 54.6 Å². The van der Waals surface area contributed by atoms with Gasteiger partial charge in [0, 0.05) is 6.42 Å². The molecule has 2 aromatic rings. The molecule has 88 valence electrons. The van der Waals surface area contributed by atoms with Crippen molar-refractivity contribution in [3.8, 4) is 11.5 Å². The number of rotatable bonds is 5. The van der Waals surface area contributed by atoms with Crippen molar-refractivity contribution < 1.29 is 9.47 Å². The van der Waals surface area contributed by atoms with Crippen LogP contribution in [-0.2, 0) is 6.42 Å². The SMILES string of the molecule is COc1ccccc1CCOc1ccccc1. The molecule has 0 amide bonds. The first-order chi connectivity index (χ1) is 8.40. The Hall–Kier alpha value is -1.96. The van der Waals surface area contributed by atoms with E-state index in [1.165, 1.54) is 5.56 Å². The molecule has 0 spiro atoms. The minimum Gasteiger partial charge on any atom is -0.496 e. The minimum absolute atomic E-state index is 0.657. The fourth-order valence-corrected chi connectivity index (χ4v) is 1.71. The number of hydrogen-bond acceptors (Lipinski definition) is 2. The molecule has 0 saturated carbocycles. The van der Waals surface area contributed by atoms with Crippen molar-refractivity contribution in [2.45, 2.75) is 6.42 Å². The summed E-state index contributed by atoms with van der Waals surface area (Å²) in [7, 11) is 1.69. The van der Waals surface area contributed by atoms with Gasteiger partial charge in [-0.15, -0.1) is 0 Å². The lowest BCUT2D eigenvalue weighted by molar-refractivity contribution is 0.318. The molecule has 0 N–H and O–H groups in total. The van der Waals surface area contributed by atoms with Gasteiger partial charge in [-0.3, -0.25) is 0 Å². The molecule has 0 atom stereocenters. The summed E-state index contributed by atoms with van der Waals surface area (Å²) < 4.78 is 10.9. The van der Waals surface area contributed by atoms with Crippen molar-refractivity contribution in [2.75, 3.05) is 13.7 Å². The van der Waals surface area contributed by atoms with Gasteiger partial charge >= 0.3 is 0 Å². The Morgan fingerprint density at radius 3 is 2.35 bits per heavy atom. The monoisotopic (exact) mass is 228 g/mol. The van der Waals surface area contributed by atoms with Gasteiger partial charge in [-0.2, -0.15) is 0 Å². The van der Waals surface area contributed by atoms with E-state index >= 15 is 0 Å². The molecular formula is C15H16O2. The average Bonchev–Trinajstić information content (AvgIpc) is 2.40. The third kappa shape index (κ3) is 3.25. The fraction of sp³-hybridized carbons (Fsp3) is 0.200. The molecule has 2 aromatic carbocycles. The van der Waals surface area contributed by atoms with E-state index in [-0.39, 0.29) is 0 Å². The van der Waals surface area contributed by atoms with E-state index in [9.17, 15) is 0 Å². The minimum atomic E-state index is 0.657. The number of ether oxygens (including phenoxy) is 2. The van der Waals surface area contributed by atoms with Crippen molar-refractivity contribution in [3.63, 3.8) is 0 Å². The van der Waals surface area contributed by atoms with E-state index in [4.69, 9.17) is 9.47 Å². The normalized spacial score (nSPS) is 9.94. The van der Waals surface area contributed by atoms with Gasteiger partial charge in [0.25, 0.3) is 0 Å². The second-order valence-electron chi connectivity index (χ2n) is 3.72. The van der Waals surface area contributed by atoms with E-state index in [1.54, 1.807) is 7.11 Å². The number of para-hydroxylation sites is 2. The fourth-order valence-electron chi connectivity index (χ4n) is 1.71. The van der Waals surface area contributed by atoms with Crippen LogP contribution >= 0.6 is 0 Å². The van der Waals surface area contributed by atoms with Crippen LogP contribution in [0.25, 0.3) is 0 Å². The highest BCUT2D eigenvalue weighted by molar-refractivity contribution is 5.33. The molecule has 0 bridgehead atoms. The molecule has 2 heteroatoms. The first kappa shape index (κ1) is 11.5. The molecule has 0 heterocycles. The standard InChI is InChI=1S/C15H16O2/c1-16-15-10-6-5-7-13(15)11-12-17-14-8-3-2-4-9-14/h2-10H,11-12H2,1H3. The Balaban J connectivity index is 1.90. The molecule has 0 unspecified atom stereocenters. The molecule has 0 aliphatic carbocycles. The summed E-state index contributed by atoms with van der Waals surface area (Å²) in [4.78, 5) is 0. The van der Waals surface area contributed by atoms with Crippen LogP contribution in [-0.4, -0.2) is 13.7 Å². The summed E-state index contributed by atoms with van der Waals surface area (Å²) >= 11 is 0. The number of benzene rings is 2. The Morgan fingerprint density at radius 1 is 0.882 bits per heavy atom. The molecule has 0 aliphatic rings. The van der Waals surface area contributed by atoms with Gasteiger partial charge in [-0.05, 0) is 23.8 Å². The number of methoxy groups -OCH3 is 1. The zero-order valence-corrected chi connectivity index (χ0v) is 9.93. The lowest BCUT2D eigenvalue weighted by atomic mass is 10.1. The van der Waals surface area contributed by atoms with Crippen LogP contribution in [0.5, 0.6) is 11.5 Å². The molecule has 2 nitrogen and oxygen atoms in total. The maximum absolute atomic E-state index is 5.65. The highest BCUT2D eigenvalue weighted by atomic mass is 16.5. The van der Waals surface area contributed by atoms with Crippen LogP contribution in [0.4, 0.5) is 0 Å². The molecule has 0 radical (unpaired) electrons. The van der Waals surface area contributed by atoms with E-state index < -0.39 is 0 Å². The Bertz CT molecular complexity index is 451. The third-order valence-electron chi connectivity index (χ3n) is 2.58. The predicted octanol–water partition coefficient (Wildman–Crippen LogP) is 3.32. The molecule has 0 aromatic heterocycles. The van der Waals surface area contributed by atoms with Gasteiger partial charge in [0.05, 0.1) is 13.7 Å². The van der Waals surface area contributed by atoms with E-state index in [0.717, 1.165) is 17.9 Å². The number of hydrogen-bond donors (Lipinski definition) is 0. The molecule has 2 rings (SSSR count). The topological polar surface area (TPSA) is 18.5 Å².